The molecule has 0 amide bonds. The van der Waals surface area contributed by atoms with Gasteiger partial charge < -0.3 is 0 Å². The van der Waals surface area contributed by atoms with Gasteiger partial charge in [-0.1, -0.05) is 6.92 Å². The van der Waals surface area contributed by atoms with Gasteiger partial charge in [-0.3, -0.25) is 4.79 Å². The average molecular weight is 167 g/mol. The minimum atomic E-state index is 0.647. The van der Waals surface area contributed by atoms with E-state index < -0.39 is 0 Å². The SMILES string of the molecule is C[C@H]1C[C@H]1c1ncc(C=O)s1. The Labute approximate surface area is 69.3 Å². The number of thiazole rings is 1. The van der Waals surface area contributed by atoms with Crippen molar-refractivity contribution in [3.05, 3.63) is 16.1 Å². The number of aldehydes is 1. The van der Waals surface area contributed by atoms with Gasteiger partial charge >= 0.3 is 0 Å². The summed E-state index contributed by atoms with van der Waals surface area (Å²) in [5.41, 5.74) is 0. The molecule has 0 N–H and O–H groups in total. The lowest BCUT2D eigenvalue weighted by molar-refractivity contribution is 0.112. The third-order valence-corrected chi connectivity index (χ3v) is 3.14. The fourth-order valence-electron chi connectivity index (χ4n) is 1.19. The Kier molecular flexibility index (Phi) is 1.53. The molecule has 2 rings (SSSR count). The molecule has 1 aliphatic rings. The number of hydrogen-bond donors (Lipinski definition) is 0. The zero-order valence-electron chi connectivity index (χ0n) is 6.28. The van der Waals surface area contributed by atoms with Crippen molar-refractivity contribution in [1.82, 2.24) is 4.98 Å². The number of carbonyl (C=O) groups is 1. The highest BCUT2D eigenvalue weighted by Crippen LogP contribution is 2.47. The molecule has 0 saturated heterocycles. The summed E-state index contributed by atoms with van der Waals surface area (Å²) in [5, 5.41) is 1.14. The molecule has 1 aliphatic carbocycles. The van der Waals surface area contributed by atoms with Crippen molar-refractivity contribution >= 4 is 17.6 Å². The van der Waals surface area contributed by atoms with Gasteiger partial charge in [0.2, 0.25) is 0 Å². The first-order valence-corrected chi connectivity index (χ1v) is 4.54. The standard InChI is InChI=1S/C8H9NOS/c1-5-2-7(5)8-9-3-6(4-10)11-8/h3-5,7H,2H2,1H3/t5-,7+/m0/s1. The molecule has 1 aromatic rings. The molecule has 2 nitrogen and oxygen atoms in total. The molecule has 3 heteroatoms. The molecule has 0 radical (unpaired) electrons. The number of rotatable bonds is 2. The van der Waals surface area contributed by atoms with E-state index in [2.05, 4.69) is 11.9 Å². The van der Waals surface area contributed by atoms with Gasteiger partial charge in [-0.05, 0) is 12.3 Å². The summed E-state index contributed by atoms with van der Waals surface area (Å²) in [5.74, 6) is 1.43. The highest BCUT2D eigenvalue weighted by Gasteiger charge is 2.36. The minimum absolute atomic E-state index is 0.647. The summed E-state index contributed by atoms with van der Waals surface area (Å²) < 4.78 is 0. The Morgan fingerprint density at radius 2 is 2.55 bits per heavy atom. The molecule has 11 heavy (non-hydrogen) atoms. The monoisotopic (exact) mass is 167 g/mol. The molecule has 1 saturated carbocycles. The van der Waals surface area contributed by atoms with Crippen LogP contribution in [0.5, 0.6) is 0 Å². The number of hydrogen-bond acceptors (Lipinski definition) is 3. The van der Waals surface area contributed by atoms with Crippen molar-refractivity contribution in [2.24, 2.45) is 5.92 Å². The maximum atomic E-state index is 10.3. The molecule has 0 spiro atoms. The van der Waals surface area contributed by atoms with Crippen LogP contribution in [0, 0.1) is 5.92 Å². The summed E-state index contributed by atoms with van der Waals surface area (Å²) >= 11 is 1.53. The van der Waals surface area contributed by atoms with Gasteiger partial charge in [-0.2, -0.15) is 0 Å². The van der Waals surface area contributed by atoms with Crippen LogP contribution in [0.25, 0.3) is 0 Å². The van der Waals surface area contributed by atoms with Gasteiger partial charge in [0.15, 0.2) is 6.29 Å². The number of aromatic nitrogens is 1. The lowest BCUT2D eigenvalue weighted by atomic mass is 10.4. The van der Waals surface area contributed by atoms with Crippen molar-refractivity contribution in [1.29, 1.82) is 0 Å². The second-order valence-corrected chi connectivity index (χ2v) is 4.13. The van der Waals surface area contributed by atoms with Crippen molar-refractivity contribution < 1.29 is 4.79 Å². The molecule has 58 valence electrons. The third kappa shape index (κ3) is 1.20. The molecule has 1 heterocycles. The summed E-state index contributed by atoms with van der Waals surface area (Å²) in [7, 11) is 0. The molecule has 2 atom stereocenters. The Morgan fingerprint density at radius 3 is 3.00 bits per heavy atom. The summed E-state index contributed by atoms with van der Waals surface area (Å²) in [6.07, 6.45) is 3.78. The second-order valence-electron chi connectivity index (χ2n) is 3.04. The molecule has 1 aromatic heterocycles. The van der Waals surface area contributed by atoms with E-state index in [-0.39, 0.29) is 0 Å². The van der Waals surface area contributed by atoms with E-state index >= 15 is 0 Å². The molecular formula is C8H9NOS. The zero-order valence-corrected chi connectivity index (χ0v) is 7.10. The summed E-state index contributed by atoms with van der Waals surface area (Å²) in [6, 6.07) is 0. The van der Waals surface area contributed by atoms with E-state index in [4.69, 9.17) is 0 Å². The Morgan fingerprint density at radius 1 is 1.82 bits per heavy atom. The molecule has 0 unspecified atom stereocenters. The van der Waals surface area contributed by atoms with Crippen LogP contribution in [0.15, 0.2) is 6.20 Å². The van der Waals surface area contributed by atoms with Gasteiger partial charge in [-0.25, -0.2) is 4.98 Å². The number of carbonyl (C=O) groups excluding carboxylic acids is 1. The van der Waals surface area contributed by atoms with Gasteiger partial charge in [0.05, 0.1) is 9.88 Å². The highest BCUT2D eigenvalue weighted by atomic mass is 32.1. The fourth-order valence-corrected chi connectivity index (χ4v) is 2.17. The Hall–Kier alpha value is -0.700. The van der Waals surface area contributed by atoms with E-state index in [1.165, 1.54) is 17.8 Å². The first kappa shape index (κ1) is 6.98. The molecule has 0 aliphatic heterocycles. The maximum absolute atomic E-state index is 10.3. The van der Waals surface area contributed by atoms with E-state index in [9.17, 15) is 4.79 Å². The van der Waals surface area contributed by atoms with E-state index in [0.29, 0.717) is 5.92 Å². The van der Waals surface area contributed by atoms with Crippen LogP contribution >= 0.6 is 11.3 Å². The van der Waals surface area contributed by atoms with Gasteiger partial charge in [-0.15, -0.1) is 11.3 Å². The van der Waals surface area contributed by atoms with Gasteiger partial charge in [0, 0.05) is 12.1 Å². The van der Waals surface area contributed by atoms with Crippen LogP contribution in [-0.2, 0) is 0 Å². The van der Waals surface area contributed by atoms with Crippen LogP contribution in [-0.4, -0.2) is 11.3 Å². The minimum Gasteiger partial charge on any atom is -0.297 e. The molecule has 0 aromatic carbocycles. The highest BCUT2D eigenvalue weighted by molar-refractivity contribution is 7.13. The van der Waals surface area contributed by atoms with Crippen LogP contribution in [0.3, 0.4) is 0 Å². The largest absolute Gasteiger partial charge is 0.297 e. The predicted molar refractivity (Wildman–Crippen MR) is 44.0 cm³/mol. The summed E-state index contributed by atoms with van der Waals surface area (Å²) in [6.45, 7) is 2.21. The van der Waals surface area contributed by atoms with Crippen molar-refractivity contribution in [3.63, 3.8) is 0 Å². The maximum Gasteiger partial charge on any atom is 0.161 e. The predicted octanol–water partition coefficient (Wildman–Crippen LogP) is 2.08. The first-order valence-electron chi connectivity index (χ1n) is 3.72. The van der Waals surface area contributed by atoms with Crippen molar-refractivity contribution in [2.75, 3.05) is 0 Å². The normalized spacial score (nSPS) is 28.5. The van der Waals surface area contributed by atoms with E-state index in [1.807, 2.05) is 0 Å². The fraction of sp³-hybridized carbons (Fsp3) is 0.500. The van der Waals surface area contributed by atoms with Crippen molar-refractivity contribution in [3.8, 4) is 0 Å². The molecular weight excluding hydrogens is 158 g/mol. The van der Waals surface area contributed by atoms with Crippen LogP contribution in [0.4, 0.5) is 0 Å². The van der Waals surface area contributed by atoms with Crippen LogP contribution in [0.1, 0.15) is 33.9 Å². The van der Waals surface area contributed by atoms with Gasteiger partial charge in [0.25, 0.3) is 0 Å². The average Bonchev–Trinajstić information content (AvgIpc) is 2.59. The smallest absolute Gasteiger partial charge is 0.161 e. The van der Waals surface area contributed by atoms with Gasteiger partial charge in [0.1, 0.15) is 0 Å². The second kappa shape index (κ2) is 2.41. The first-order chi connectivity index (χ1) is 5.31. The van der Waals surface area contributed by atoms with E-state index in [1.54, 1.807) is 6.20 Å². The third-order valence-electron chi connectivity index (χ3n) is 2.08. The molecule has 1 fully saturated rings. The van der Waals surface area contributed by atoms with E-state index in [0.717, 1.165) is 22.1 Å². The van der Waals surface area contributed by atoms with Crippen LogP contribution in [0.2, 0.25) is 0 Å². The Balaban J connectivity index is 2.19. The summed E-state index contributed by atoms with van der Waals surface area (Å²) in [4.78, 5) is 15.3. The topological polar surface area (TPSA) is 30.0 Å². The quantitative estimate of drug-likeness (QED) is 0.631. The van der Waals surface area contributed by atoms with Crippen LogP contribution < -0.4 is 0 Å². The Bertz CT molecular complexity index is 281. The zero-order chi connectivity index (χ0) is 7.84. The lowest BCUT2D eigenvalue weighted by Crippen LogP contribution is -1.75. The molecule has 0 bridgehead atoms. The number of nitrogens with zero attached hydrogens (tertiary/aromatic N) is 1. The lowest BCUT2D eigenvalue weighted by Gasteiger charge is -1.85. The van der Waals surface area contributed by atoms with Crippen molar-refractivity contribution in [2.45, 2.75) is 19.3 Å².